The van der Waals surface area contributed by atoms with Gasteiger partial charge >= 0.3 is 6.01 Å². The second-order valence-electron chi connectivity index (χ2n) is 13.4. The van der Waals surface area contributed by atoms with Crippen LogP contribution in [-0.2, 0) is 0 Å². The van der Waals surface area contributed by atoms with Crippen LogP contribution in [-0.4, -0.2) is 19.1 Å². The first-order chi connectivity index (χ1) is 25.8. The van der Waals surface area contributed by atoms with Crippen molar-refractivity contribution in [3.8, 4) is 23.2 Å². The molecular formula is C46H26N4O2. The Morgan fingerprint density at radius 1 is 0.404 bits per heavy atom. The summed E-state index contributed by atoms with van der Waals surface area (Å²) >= 11 is 0. The molecule has 4 heterocycles. The van der Waals surface area contributed by atoms with Gasteiger partial charge < -0.3 is 13.4 Å². The highest BCUT2D eigenvalue weighted by Crippen LogP contribution is 2.39. The van der Waals surface area contributed by atoms with Gasteiger partial charge in [0, 0.05) is 32.8 Å². The average Bonchev–Trinajstić information content (AvgIpc) is 3.97. The van der Waals surface area contributed by atoms with E-state index in [4.69, 9.17) is 18.8 Å². The molecule has 0 aliphatic carbocycles. The van der Waals surface area contributed by atoms with E-state index in [0.29, 0.717) is 17.5 Å². The fraction of sp³-hybridized carbons (Fsp3) is 0. The van der Waals surface area contributed by atoms with Gasteiger partial charge in [0.25, 0.3) is 0 Å². The van der Waals surface area contributed by atoms with Gasteiger partial charge in [0.1, 0.15) is 11.0 Å². The quantitative estimate of drug-likeness (QED) is 0.188. The van der Waals surface area contributed by atoms with Crippen LogP contribution in [0.4, 0.5) is 0 Å². The average molecular weight is 667 g/mol. The standard InChI is InChI=1S/C46H26N4O2/c1-3-11-31-27(9-1)17-21-39-43(31)33-13-5-7-15-37(33)49(39)30-20-24-41-36(26-30)47-45(51-41)29-19-23-42-35(25-29)48-46(52-42)50-38-16-8-6-14-34(38)44-32-12-4-2-10-28(32)18-22-40(44)50/h1-26H. The van der Waals surface area contributed by atoms with Crippen molar-refractivity contribution in [2.45, 2.75) is 0 Å². The van der Waals surface area contributed by atoms with Gasteiger partial charge in [-0.05, 0) is 82.2 Å². The molecule has 0 aliphatic rings. The lowest BCUT2D eigenvalue weighted by Gasteiger charge is -2.08. The molecule has 0 unspecified atom stereocenters. The highest BCUT2D eigenvalue weighted by molar-refractivity contribution is 6.22. The third kappa shape index (κ3) is 3.78. The normalized spacial score (nSPS) is 12.2. The minimum Gasteiger partial charge on any atom is -0.436 e. The molecule has 6 heteroatoms. The zero-order valence-corrected chi connectivity index (χ0v) is 27.6. The predicted molar refractivity (Wildman–Crippen MR) is 211 cm³/mol. The first kappa shape index (κ1) is 27.6. The van der Waals surface area contributed by atoms with E-state index in [1.165, 1.54) is 37.7 Å². The molecule has 12 aromatic rings. The van der Waals surface area contributed by atoms with Gasteiger partial charge in [0.15, 0.2) is 11.2 Å². The Morgan fingerprint density at radius 2 is 0.962 bits per heavy atom. The highest BCUT2D eigenvalue weighted by Gasteiger charge is 2.20. The molecule has 4 aromatic heterocycles. The number of fused-ring (bicyclic) bond motifs is 12. The van der Waals surface area contributed by atoms with E-state index in [9.17, 15) is 0 Å². The van der Waals surface area contributed by atoms with Crippen LogP contribution in [0, 0.1) is 0 Å². The van der Waals surface area contributed by atoms with Crippen LogP contribution in [0.2, 0.25) is 0 Å². The highest BCUT2D eigenvalue weighted by atomic mass is 16.4. The zero-order valence-electron chi connectivity index (χ0n) is 27.6. The van der Waals surface area contributed by atoms with E-state index in [-0.39, 0.29) is 0 Å². The maximum atomic E-state index is 6.44. The molecule has 242 valence electrons. The first-order valence-corrected chi connectivity index (χ1v) is 17.4. The molecule has 0 amide bonds. The minimum absolute atomic E-state index is 0.523. The summed E-state index contributed by atoms with van der Waals surface area (Å²) in [6.07, 6.45) is 0. The van der Waals surface area contributed by atoms with Crippen LogP contribution in [0.1, 0.15) is 0 Å². The maximum absolute atomic E-state index is 6.44. The van der Waals surface area contributed by atoms with Crippen LogP contribution in [0.25, 0.3) is 111 Å². The zero-order chi connectivity index (χ0) is 33.9. The smallest absolute Gasteiger partial charge is 0.307 e. The van der Waals surface area contributed by atoms with E-state index >= 15 is 0 Å². The number of aromatic nitrogens is 4. The second kappa shape index (κ2) is 10.2. The topological polar surface area (TPSA) is 61.9 Å². The maximum Gasteiger partial charge on any atom is 0.307 e. The van der Waals surface area contributed by atoms with E-state index in [2.05, 4.69) is 143 Å². The molecule has 0 radical (unpaired) electrons. The van der Waals surface area contributed by atoms with Crippen molar-refractivity contribution in [3.63, 3.8) is 0 Å². The summed E-state index contributed by atoms with van der Waals surface area (Å²) in [5.41, 5.74) is 9.23. The summed E-state index contributed by atoms with van der Waals surface area (Å²) in [4.78, 5) is 10.0. The van der Waals surface area contributed by atoms with Crippen molar-refractivity contribution in [1.82, 2.24) is 19.1 Å². The van der Waals surface area contributed by atoms with Gasteiger partial charge in [-0.15, -0.1) is 0 Å². The molecule has 0 N–H and O–H groups in total. The van der Waals surface area contributed by atoms with E-state index in [1.807, 2.05) is 24.3 Å². The Kier molecular flexibility index (Phi) is 5.41. The predicted octanol–water partition coefficient (Wildman–Crippen LogP) is 12.1. The molecule has 0 atom stereocenters. The Hall–Kier alpha value is -7.18. The van der Waals surface area contributed by atoms with Crippen molar-refractivity contribution in [1.29, 1.82) is 0 Å². The van der Waals surface area contributed by atoms with Crippen molar-refractivity contribution >= 4 is 87.4 Å². The van der Waals surface area contributed by atoms with Gasteiger partial charge in [0.05, 0.1) is 22.1 Å². The number of hydrogen-bond donors (Lipinski definition) is 0. The molecular weight excluding hydrogens is 641 g/mol. The van der Waals surface area contributed by atoms with Gasteiger partial charge in [-0.1, -0.05) is 97.1 Å². The first-order valence-electron chi connectivity index (χ1n) is 17.4. The van der Waals surface area contributed by atoms with Crippen LogP contribution >= 0.6 is 0 Å². The molecule has 0 saturated heterocycles. The lowest BCUT2D eigenvalue weighted by Crippen LogP contribution is -1.93. The third-order valence-electron chi connectivity index (χ3n) is 10.6. The summed E-state index contributed by atoms with van der Waals surface area (Å²) < 4.78 is 17.2. The van der Waals surface area contributed by atoms with Crippen molar-refractivity contribution in [3.05, 3.63) is 158 Å². The fourth-order valence-electron chi connectivity index (χ4n) is 8.29. The van der Waals surface area contributed by atoms with E-state index < -0.39 is 0 Å². The van der Waals surface area contributed by atoms with Crippen LogP contribution in [0.5, 0.6) is 0 Å². The number of hydrogen-bond acceptors (Lipinski definition) is 4. The summed E-state index contributed by atoms with van der Waals surface area (Å²) in [6, 6.07) is 55.6. The Morgan fingerprint density at radius 3 is 1.67 bits per heavy atom. The van der Waals surface area contributed by atoms with Gasteiger partial charge in [-0.2, -0.15) is 4.98 Å². The molecule has 12 rings (SSSR count). The molecule has 52 heavy (non-hydrogen) atoms. The summed E-state index contributed by atoms with van der Waals surface area (Å²) in [5.74, 6) is 0.537. The van der Waals surface area contributed by atoms with E-state index in [1.54, 1.807) is 0 Å². The number of nitrogens with zero attached hydrogens (tertiary/aromatic N) is 4. The number of para-hydroxylation sites is 2. The van der Waals surface area contributed by atoms with Crippen LogP contribution in [0.15, 0.2) is 167 Å². The monoisotopic (exact) mass is 666 g/mol. The van der Waals surface area contributed by atoms with E-state index in [0.717, 1.165) is 55.3 Å². The number of oxazole rings is 2. The number of benzene rings is 8. The SMILES string of the molecule is c1ccc2c(c1)ccc1c2c2ccccc2n1-c1ccc2oc(-c3ccc4oc(-n5c6ccccc6c6c7ccccc7ccc65)nc4c3)nc2c1. The Balaban J connectivity index is 0.983. The largest absolute Gasteiger partial charge is 0.436 e. The Labute approximate surface area is 295 Å². The lowest BCUT2D eigenvalue weighted by molar-refractivity contribution is 0.574. The van der Waals surface area contributed by atoms with Crippen LogP contribution < -0.4 is 0 Å². The Bertz CT molecular complexity index is 3280. The molecule has 0 fully saturated rings. The van der Waals surface area contributed by atoms with Crippen molar-refractivity contribution in [2.24, 2.45) is 0 Å². The van der Waals surface area contributed by atoms with Crippen molar-refractivity contribution < 1.29 is 8.83 Å². The van der Waals surface area contributed by atoms with Gasteiger partial charge in [-0.25, -0.2) is 4.98 Å². The fourth-order valence-corrected chi connectivity index (χ4v) is 8.29. The third-order valence-corrected chi connectivity index (χ3v) is 10.6. The number of rotatable bonds is 3. The van der Waals surface area contributed by atoms with Crippen molar-refractivity contribution in [2.75, 3.05) is 0 Å². The summed E-state index contributed by atoms with van der Waals surface area (Å²) in [7, 11) is 0. The van der Waals surface area contributed by atoms with Crippen LogP contribution in [0.3, 0.4) is 0 Å². The molecule has 0 aliphatic heterocycles. The molecule has 8 aromatic carbocycles. The molecule has 0 bridgehead atoms. The second-order valence-corrected chi connectivity index (χ2v) is 13.4. The van der Waals surface area contributed by atoms with Gasteiger partial charge in [0.2, 0.25) is 5.89 Å². The summed E-state index contributed by atoms with van der Waals surface area (Å²) in [6.45, 7) is 0. The summed E-state index contributed by atoms with van der Waals surface area (Å²) in [5, 5.41) is 9.73. The molecule has 0 spiro atoms. The molecule has 0 saturated carbocycles. The minimum atomic E-state index is 0.523. The van der Waals surface area contributed by atoms with Gasteiger partial charge in [-0.3, -0.25) is 4.57 Å². The lowest BCUT2D eigenvalue weighted by atomic mass is 10.0. The molecule has 6 nitrogen and oxygen atoms in total.